The van der Waals surface area contributed by atoms with Crippen molar-refractivity contribution in [2.75, 3.05) is 0 Å². The van der Waals surface area contributed by atoms with Gasteiger partial charge in [-0.05, 0) is 59.7 Å². The van der Waals surface area contributed by atoms with Crippen molar-refractivity contribution < 1.29 is 19.1 Å². The zero-order valence-electron chi connectivity index (χ0n) is 12.9. The van der Waals surface area contributed by atoms with E-state index in [0.717, 1.165) is 0 Å². The van der Waals surface area contributed by atoms with E-state index in [4.69, 9.17) is 9.47 Å². The molecule has 0 unspecified atom stereocenters. The number of carbonyl (C=O) groups is 2. The highest BCUT2D eigenvalue weighted by Gasteiger charge is 2.25. The summed E-state index contributed by atoms with van der Waals surface area (Å²) in [7, 11) is 0. The van der Waals surface area contributed by atoms with Crippen molar-refractivity contribution in [3.05, 3.63) is 35.4 Å². The lowest BCUT2D eigenvalue weighted by Crippen LogP contribution is -2.27. The van der Waals surface area contributed by atoms with E-state index in [9.17, 15) is 9.59 Å². The number of carbonyl (C=O) groups excluding carboxylic acids is 2. The summed E-state index contributed by atoms with van der Waals surface area (Å²) in [5, 5.41) is 0. The molecule has 0 aromatic heterocycles. The summed E-state index contributed by atoms with van der Waals surface area (Å²) < 4.78 is 10.6. The molecule has 4 nitrogen and oxygen atoms in total. The monoisotopic (exact) mass is 277 g/mol. The van der Waals surface area contributed by atoms with Crippen LogP contribution in [0.4, 0.5) is 0 Å². The lowest BCUT2D eigenvalue weighted by Gasteiger charge is -2.22. The maximum Gasteiger partial charge on any atom is 0.339 e. The summed E-state index contributed by atoms with van der Waals surface area (Å²) in [6, 6.07) is 7.28. The molecule has 0 aliphatic rings. The first-order valence-electron chi connectivity index (χ1n) is 6.46. The topological polar surface area (TPSA) is 52.6 Å². The van der Waals surface area contributed by atoms with E-state index < -0.39 is 23.1 Å². The molecule has 1 rings (SSSR count). The van der Waals surface area contributed by atoms with Gasteiger partial charge in [0, 0.05) is 0 Å². The van der Waals surface area contributed by atoms with Crippen LogP contribution in [0, 0.1) is 6.07 Å². The fourth-order valence-electron chi connectivity index (χ4n) is 1.44. The van der Waals surface area contributed by atoms with Crippen LogP contribution in [0.25, 0.3) is 0 Å². The van der Waals surface area contributed by atoms with Crippen LogP contribution in [-0.2, 0) is 9.47 Å². The van der Waals surface area contributed by atoms with E-state index in [2.05, 4.69) is 6.07 Å². The molecule has 0 aliphatic carbocycles. The fraction of sp³-hybridized carbons (Fsp3) is 0.500. The van der Waals surface area contributed by atoms with Gasteiger partial charge in [-0.2, -0.15) is 0 Å². The van der Waals surface area contributed by atoms with E-state index in [-0.39, 0.29) is 11.1 Å². The highest BCUT2D eigenvalue weighted by molar-refractivity contribution is 6.03. The molecule has 0 amide bonds. The van der Waals surface area contributed by atoms with Crippen molar-refractivity contribution in [2.24, 2.45) is 0 Å². The number of hydrogen-bond donors (Lipinski definition) is 0. The van der Waals surface area contributed by atoms with E-state index >= 15 is 0 Å². The summed E-state index contributed by atoms with van der Waals surface area (Å²) >= 11 is 0. The molecule has 0 saturated heterocycles. The Morgan fingerprint density at radius 3 is 1.80 bits per heavy atom. The second-order valence-corrected chi connectivity index (χ2v) is 6.48. The highest BCUT2D eigenvalue weighted by Crippen LogP contribution is 2.18. The largest absolute Gasteiger partial charge is 0.456 e. The Balaban J connectivity index is 3.05. The van der Waals surface area contributed by atoms with Gasteiger partial charge >= 0.3 is 11.9 Å². The van der Waals surface area contributed by atoms with Crippen LogP contribution < -0.4 is 0 Å². The van der Waals surface area contributed by atoms with Crippen molar-refractivity contribution in [3.63, 3.8) is 0 Å². The third kappa shape index (κ3) is 5.03. The number of esters is 2. The maximum atomic E-state index is 12.1. The van der Waals surface area contributed by atoms with Crippen molar-refractivity contribution >= 4 is 11.9 Å². The molecule has 0 saturated carbocycles. The van der Waals surface area contributed by atoms with Crippen LogP contribution >= 0.6 is 0 Å². The van der Waals surface area contributed by atoms with Gasteiger partial charge in [0.15, 0.2) is 0 Å². The van der Waals surface area contributed by atoms with E-state index in [0.29, 0.717) is 0 Å². The van der Waals surface area contributed by atoms with Crippen molar-refractivity contribution in [1.82, 2.24) is 0 Å². The van der Waals surface area contributed by atoms with Gasteiger partial charge in [0.2, 0.25) is 0 Å². The average molecular weight is 277 g/mol. The highest BCUT2D eigenvalue weighted by atomic mass is 16.6. The summed E-state index contributed by atoms with van der Waals surface area (Å²) in [6.45, 7) is 10.6. The Hall–Kier alpha value is -1.84. The van der Waals surface area contributed by atoms with Gasteiger partial charge in [-0.25, -0.2) is 9.59 Å². The van der Waals surface area contributed by atoms with Gasteiger partial charge in [0.25, 0.3) is 0 Å². The minimum absolute atomic E-state index is 0.164. The molecular formula is C16H21O4. The summed E-state index contributed by atoms with van der Waals surface area (Å²) in [5.74, 6) is -1.11. The molecule has 4 heteroatoms. The molecule has 1 aromatic carbocycles. The average Bonchev–Trinajstić information content (AvgIpc) is 2.24. The molecule has 0 spiro atoms. The van der Waals surface area contributed by atoms with Crippen LogP contribution in [-0.4, -0.2) is 23.1 Å². The lowest BCUT2D eigenvalue weighted by molar-refractivity contribution is 0.00187. The van der Waals surface area contributed by atoms with Crippen LogP contribution in [0.2, 0.25) is 0 Å². The van der Waals surface area contributed by atoms with Gasteiger partial charge in [-0.15, -0.1) is 0 Å². The number of rotatable bonds is 2. The first-order valence-corrected chi connectivity index (χ1v) is 6.46. The standard InChI is InChI=1S/C16H21O4/c1-15(2,3)19-13(17)11-9-7-8-10-12(11)14(18)20-16(4,5)6/h7,9-10H,1-6H3. The van der Waals surface area contributed by atoms with Crippen molar-refractivity contribution in [3.8, 4) is 0 Å². The summed E-state index contributed by atoms with van der Waals surface area (Å²) in [6.07, 6.45) is 0. The van der Waals surface area contributed by atoms with Gasteiger partial charge in [-0.3, -0.25) is 0 Å². The smallest absolute Gasteiger partial charge is 0.339 e. The zero-order chi connectivity index (χ0) is 15.6. The molecule has 109 valence electrons. The molecule has 20 heavy (non-hydrogen) atoms. The summed E-state index contributed by atoms with van der Waals surface area (Å²) in [5.41, 5.74) is -0.899. The predicted octanol–water partition coefficient (Wildman–Crippen LogP) is 3.40. The molecule has 0 bridgehead atoms. The normalized spacial score (nSPS) is 11.9. The molecule has 0 aliphatic heterocycles. The van der Waals surface area contributed by atoms with Crippen LogP contribution in [0.15, 0.2) is 18.2 Å². The van der Waals surface area contributed by atoms with Gasteiger partial charge in [0.1, 0.15) is 11.2 Å². The number of benzene rings is 1. The second-order valence-electron chi connectivity index (χ2n) is 6.48. The van der Waals surface area contributed by atoms with Crippen LogP contribution in [0.5, 0.6) is 0 Å². The maximum absolute atomic E-state index is 12.1. The Bertz CT molecular complexity index is 457. The van der Waals surface area contributed by atoms with Crippen molar-refractivity contribution in [1.29, 1.82) is 0 Å². The van der Waals surface area contributed by atoms with Crippen LogP contribution in [0.1, 0.15) is 62.3 Å². The quantitative estimate of drug-likeness (QED) is 0.777. The molecule has 1 aromatic rings. The molecule has 1 radical (unpaired) electrons. The van der Waals surface area contributed by atoms with Gasteiger partial charge in [-0.1, -0.05) is 6.07 Å². The molecular weight excluding hydrogens is 256 g/mol. The van der Waals surface area contributed by atoms with E-state index in [1.807, 2.05) is 0 Å². The van der Waals surface area contributed by atoms with E-state index in [1.165, 1.54) is 12.1 Å². The molecule has 0 N–H and O–H groups in total. The first kappa shape index (κ1) is 16.2. The lowest BCUT2D eigenvalue weighted by atomic mass is 10.1. The Morgan fingerprint density at radius 2 is 1.35 bits per heavy atom. The third-order valence-corrected chi connectivity index (χ3v) is 2.10. The minimum Gasteiger partial charge on any atom is -0.456 e. The minimum atomic E-state index is -0.627. The summed E-state index contributed by atoms with van der Waals surface area (Å²) in [4.78, 5) is 24.2. The molecule has 0 atom stereocenters. The van der Waals surface area contributed by atoms with Crippen LogP contribution in [0.3, 0.4) is 0 Å². The SMILES string of the molecule is CC(C)(C)OC(=O)c1c[c]ccc1C(=O)OC(C)(C)C. The third-order valence-electron chi connectivity index (χ3n) is 2.10. The van der Waals surface area contributed by atoms with Gasteiger partial charge in [0.05, 0.1) is 11.1 Å². The first-order chi connectivity index (χ1) is 8.99. The predicted molar refractivity (Wildman–Crippen MR) is 75.6 cm³/mol. The van der Waals surface area contributed by atoms with E-state index in [1.54, 1.807) is 47.6 Å². The fourth-order valence-corrected chi connectivity index (χ4v) is 1.44. The van der Waals surface area contributed by atoms with Gasteiger partial charge < -0.3 is 9.47 Å². The number of ether oxygens (including phenoxy) is 2. The number of hydrogen-bond acceptors (Lipinski definition) is 4. The second kappa shape index (κ2) is 5.65. The molecule has 0 heterocycles. The Kier molecular flexibility index (Phi) is 4.58. The Labute approximate surface area is 120 Å². The van der Waals surface area contributed by atoms with Crippen molar-refractivity contribution in [2.45, 2.75) is 52.7 Å². The Morgan fingerprint density at radius 1 is 0.900 bits per heavy atom. The molecule has 0 fully saturated rings. The zero-order valence-corrected chi connectivity index (χ0v) is 12.9.